The lowest BCUT2D eigenvalue weighted by Gasteiger charge is -2.34. The number of pyridine rings is 1. The third-order valence-electron chi connectivity index (χ3n) is 12.1. The highest BCUT2D eigenvalue weighted by Gasteiger charge is 2.43. The lowest BCUT2D eigenvalue weighted by molar-refractivity contribution is 0.669. The van der Waals surface area contributed by atoms with E-state index >= 15 is 0 Å². The van der Waals surface area contributed by atoms with Gasteiger partial charge in [-0.15, -0.1) is 0 Å². The first-order chi connectivity index (χ1) is 28.8. The minimum atomic E-state index is -3.10. The molecule has 0 spiro atoms. The maximum atomic E-state index is 6.48. The van der Waals surface area contributed by atoms with Crippen molar-refractivity contribution in [2.75, 3.05) is 0 Å². The summed E-state index contributed by atoms with van der Waals surface area (Å²) in [6.07, 6.45) is 0. The Balaban J connectivity index is 1.18. The Morgan fingerprint density at radius 1 is 0.379 bits per heavy atom. The molecule has 272 valence electrons. The van der Waals surface area contributed by atoms with Crippen LogP contribution in [0.5, 0.6) is 0 Å². The highest BCUT2D eigenvalue weighted by molar-refractivity contribution is 7.19. The van der Waals surface area contributed by atoms with Crippen molar-refractivity contribution in [3.63, 3.8) is 0 Å². The Kier molecular flexibility index (Phi) is 7.21. The second kappa shape index (κ2) is 12.8. The van der Waals surface area contributed by atoms with E-state index in [0.29, 0.717) is 0 Å². The maximum absolute atomic E-state index is 6.48. The van der Waals surface area contributed by atoms with Crippen molar-refractivity contribution < 1.29 is 4.42 Å². The first-order valence-corrected chi connectivity index (χ1v) is 21.8. The van der Waals surface area contributed by atoms with E-state index in [1.807, 2.05) is 6.07 Å². The van der Waals surface area contributed by atoms with E-state index in [1.165, 1.54) is 37.1 Å². The third-order valence-corrected chi connectivity index (χ3v) is 16.7. The average Bonchev–Trinajstić information content (AvgIpc) is 3.95. The van der Waals surface area contributed by atoms with Crippen LogP contribution < -0.4 is 20.9 Å². The van der Waals surface area contributed by atoms with Crippen molar-refractivity contribution in [3.8, 4) is 11.5 Å². The van der Waals surface area contributed by atoms with Crippen LogP contribution in [0.15, 0.2) is 217 Å². The highest BCUT2D eigenvalue weighted by Crippen LogP contribution is 2.40. The average molecular weight is 758 g/mol. The molecule has 0 saturated carbocycles. The SMILES string of the molecule is c1ccc([Si](c2ccccc2)(c2cccc(-n3c4ccccc4c4ccc5oc6ccccc6c5c43)c2)c2cccc(-n3c4ccccc4c4ccccc43)n2)cc1. The molecule has 12 aromatic rings. The van der Waals surface area contributed by atoms with Gasteiger partial charge >= 0.3 is 0 Å². The molecular formula is C53H35N3OSi. The minimum Gasteiger partial charge on any atom is -0.456 e. The van der Waals surface area contributed by atoms with Crippen LogP contribution in [0.2, 0.25) is 0 Å². The normalized spacial score (nSPS) is 12.1. The molecular weight excluding hydrogens is 723 g/mol. The Hall–Kier alpha value is -7.47. The van der Waals surface area contributed by atoms with Crippen LogP contribution in [0.1, 0.15) is 0 Å². The van der Waals surface area contributed by atoms with Gasteiger partial charge in [-0.2, -0.15) is 0 Å². The molecule has 58 heavy (non-hydrogen) atoms. The van der Waals surface area contributed by atoms with E-state index in [1.54, 1.807) is 0 Å². The second-order valence-electron chi connectivity index (χ2n) is 15.1. The number of rotatable bonds is 6. The van der Waals surface area contributed by atoms with Crippen LogP contribution in [0.25, 0.3) is 77.1 Å². The summed E-state index contributed by atoms with van der Waals surface area (Å²) in [5, 5.41) is 12.0. The second-order valence-corrected chi connectivity index (χ2v) is 18.8. The van der Waals surface area contributed by atoms with Crippen LogP contribution in [0, 0.1) is 0 Å². The summed E-state index contributed by atoms with van der Waals surface area (Å²) in [7, 11) is -3.10. The van der Waals surface area contributed by atoms with Crippen molar-refractivity contribution in [1.29, 1.82) is 0 Å². The molecule has 0 aliphatic rings. The fourth-order valence-corrected chi connectivity index (χ4v) is 14.3. The lowest BCUT2D eigenvalue weighted by atomic mass is 10.1. The highest BCUT2D eigenvalue weighted by atomic mass is 28.3. The quantitative estimate of drug-likeness (QED) is 0.125. The van der Waals surface area contributed by atoms with Crippen molar-refractivity contribution in [3.05, 3.63) is 212 Å². The van der Waals surface area contributed by atoms with Gasteiger partial charge in [-0.1, -0.05) is 152 Å². The molecule has 0 unspecified atom stereocenters. The summed E-state index contributed by atoms with van der Waals surface area (Å²) < 4.78 is 11.3. The Bertz CT molecular complexity index is 3430. The molecule has 0 fully saturated rings. The zero-order chi connectivity index (χ0) is 38.2. The zero-order valence-corrected chi connectivity index (χ0v) is 32.5. The van der Waals surface area contributed by atoms with Crippen LogP contribution in [0.4, 0.5) is 0 Å². The van der Waals surface area contributed by atoms with Gasteiger partial charge in [-0.3, -0.25) is 4.57 Å². The molecule has 0 radical (unpaired) electrons. The van der Waals surface area contributed by atoms with Crippen LogP contribution in [-0.4, -0.2) is 22.2 Å². The number of hydrogen-bond acceptors (Lipinski definition) is 2. The summed E-state index contributed by atoms with van der Waals surface area (Å²) in [6.45, 7) is 0. The van der Waals surface area contributed by atoms with Crippen molar-refractivity contribution in [1.82, 2.24) is 14.1 Å². The van der Waals surface area contributed by atoms with Gasteiger partial charge in [0.1, 0.15) is 17.0 Å². The number of hydrogen-bond donors (Lipinski definition) is 0. The van der Waals surface area contributed by atoms with Crippen LogP contribution >= 0.6 is 0 Å². The van der Waals surface area contributed by atoms with Crippen molar-refractivity contribution in [2.24, 2.45) is 0 Å². The molecule has 4 nitrogen and oxygen atoms in total. The van der Waals surface area contributed by atoms with Gasteiger partial charge < -0.3 is 8.98 Å². The fraction of sp³-hybridized carbons (Fsp3) is 0. The predicted octanol–water partition coefficient (Wildman–Crippen LogP) is 10.6. The zero-order valence-electron chi connectivity index (χ0n) is 31.5. The van der Waals surface area contributed by atoms with Crippen molar-refractivity contribution in [2.45, 2.75) is 0 Å². The Labute approximate surface area is 335 Å². The molecule has 12 rings (SSSR count). The minimum absolute atomic E-state index is 0.886. The van der Waals surface area contributed by atoms with Crippen molar-refractivity contribution >= 4 is 94.5 Å². The fourth-order valence-electron chi connectivity index (χ4n) is 9.66. The van der Waals surface area contributed by atoms with Gasteiger partial charge in [-0.25, -0.2) is 4.98 Å². The number of aromatic nitrogens is 3. The van der Waals surface area contributed by atoms with Gasteiger partial charge in [0, 0.05) is 37.9 Å². The summed E-state index contributed by atoms with van der Waals surface area (Å²) in [5.41, 5.74) is 7.48. The summed E-state index contributed by atoms with van der Waals surface area (Å²) in [5.74, 6) is 0.909. The summed E-state index contributed by atoms with van der Waals surface area (Å²) in [4.78, 5) is 5.78. The smallest absolute Gasteiger partial charge is 0.202 e. The molecule has 0 saturated heterocycles. The van der Waals surface area contributed by atoms with E-state index in [4.69, 9.17) is 9.40 Å². The largest absolute Gasteiger partial charge is 0.456 e. The molecule has 4 aromatic heterocycles. The van der Waals surface area contributed by atoms with E-state index < -0.39 is 8.07 Å². The number of fused-ring (bicyclic) bond motifs is 10. The molecule has 0 bridgehead atoms. The van der Waals surface area contributed by atoms with Crippen LogP contribution in [-0.2, 0) is 0 Å². The Morgan fingerprint density at radius 2 is 0.914 bits per heavy atom. The summed E-state index contributed by atoms with van der Waals surface area (Å²) >= 11 is 0. The summed E-state index contributed by atoms with van der Waals surface area (Å²) in [6, 6.07) is 76.9. The van der Waals surface area contributed by atoms with E-state index in [9.17, 15) is 0 Å². The van der Waals surface area contributed by atoms with Gasteiger partial charge in [0.25, 0.3) is 0 Å². The third kappa shape index (κ3) is 4.65. The first-order valence-electron chi connectivity index (χ1n) is 19.8. The molecule has 8 aromatic carbocycles. The number of furan rings is 1. The lowest BCUT2D eigenvalue weighted by Crippen LogP contribution is -2.75. The molecule has 0 amide bonds. The maximum Gasteiger partial charge on any atom is 0.202 e. The van der Waals surface area contributed by atoms with Crippen LogP contribution in [0.3, 0.4) is 0 Å². The Morgan fingerprint density at radius 3 is 1.59 bits per heavy atom. The van der Waals surface area contributed by atoms with Gasteiger partial charge in [0.05, 0.1) is 27.5 Å². The van der Waals surface area contributed by atoms with Gasteiger partial charge in [0.15, 0.2) is 0 Å². The molecule has 0 aliphatic heterocycles. The molecule has 5 heteroatoms. The predicted molar refractivity (Wildman–Crippen MR) is 244 cm³/mol. The first kappa shape index (κ1) is 32.7. The van der Waals surface area contributed by atoms with E-state index in [-0.39, 0.29) is 0 Å². The van der Waals surface area contributed by atoms with E-state index in [2.05, 4.69) is 215 Å². The number of benzene rings is 8. The number of nitrogens with zero attached hydrogens (tertiary/aromatic N) is 3. The standard InChI is InChI=1S/C53H35N3OSi/c1-3-18-37(19-4-1)58(38-20-5-2-6-21-38,51-32-16-31-50(54-51)56-46-28-12-7-23-40(46)41-24-8-13-29-47(41)56)39-22-15-17-36(35-39)55-45-27-11-9-25-42(45)43-33-34-49-52(53(43)55)44-26-10-14-30-48(44)57-49/h1-35H. The molecule has 0 atom stereocenters. The topological polar surface area (TPSA) is 35.9 Å². The molecule has 4 heterocycles. The van der Waals surface area contributed by atoms with Gasteiger partial charge in [-0.05, 0) is 76.2 Å². The molecule has 0 aliphatic carbocycles. The monoisotopic (exact) mass is 757 g/mol. The number of para-hydroxylation sites is 4. The van der Waals surface area contributed by atoms with E-state index in [0.717, 1.165) is 60.8 Å². The molecule has 0 N–H and O–H groups in total. The van der Waals surface area contributed by atoms with Gasteiger partial charge in [0.2, 0.25) is 8.07 Å².